The summed E-state index contributed by atoms with van der Waals surface area (Å²) in [6.45, 7) is 3.95. The number of para-hydroxylation sites is 1. The summed E-state index contributed by atoms with van der Waals surface area (Å²) in [5.74, 6) is -1.29. The lowest BCUT2D eigenvalue weighted by molar-refractivity contribution is -0.139. The Labute approximate surface area is 106 Å². The second-order valence-electron chi connectivity index (χ2n) is 4.54. The fraction of sp³-hybridized carbons (Fsp3) is 0.462. The van der Waals surface area contributed by atoms with Crippen molar-refractivity contribution in [2.45, 2.75) is 25.9 Å². The third-order valence-electron chi connectivity index (χ3n) is 2.55. The van der Waals surface area contributed by atoms with Crippen LogP contribution in [0.4, 0.5) is 10.1 Å². The van der Waals surface area contributed by atoms with Gasteiger partial charge in [-0.3, -0.25) is 4.79 Å². The van der Waals surface area contributed by atoms with Gasteiger partial charge in [0.05, 0.1) is 5.69 Å². The summed E-state index contributed by atoms with van der Waals surface area (Å²) in [5.41, 5.74) is 0.398. The largest absolute Gasteiger partial charge is 0.480 e. The van der Waals surface area contributed by atoms with E-state index in [1.165, 1.54) is 6.07 Å². The maximum absolute atomic E-state index is 13.5. The number of rotatable bonds is 6. The number of likely N-dealkylation sites (N-methyl/N-ethyl adjacent to an activating group) is 1. The molecular weight excluding hydrogens is 235 g/mol. The molecule has 0 amide bonds. The number of aliphatic carboxylic acids is 1. The molecule has 0 aliphatic carbocycles. The number of hydrogen-bond donors (Lipinski definition) is 2. The Bertz CT molecular complexity index is 410. The van der Waals surface area contributed by atoms with E-state index in [1.54, 1.807) is 30.1 Å². The molecule has 0 spiro atoms. The standard InChI is InChI=1S/C13H19FN2O2/c1-9(2)15-11(13(17)18)8-16(3)12-7-5-4-6-10(12)14/h4-7,9,11,15H,8H2,1-3H3,(H,17,18). The normalized spacial score (nSPS) is 12.5. The fourth-order valence-corrected chi connectivity index (χ4v) is 1.74. The summed E-state index contributed by atoms with van der Waals surface area (Å²) in [6, 6.07) is 5.64. The lowest BCUT2D eigenvalue weighted by Gasteiger charge is -2.25. The van der Waals surface area contributed by atoms with Crippen molar-refractivity contribution in [1.29, 1.82) is 0 Å². The van der Waals surface area contributed by atoms with Crippen LogP contribution in [0.25, 0.3) is 0 Å². The van der Waals surface area contributed by atoms with E-state index in [0.29, 0.717) is 5.69 Å². The molecule has 1 rings (SSSR count). The highest BCUT2D eigenvalue weighted by Crippen LogP contribution is 2.17. The quantitative estimate of drug-likeness (QED) is 0.811. The Balaban J connectivity index is 2.75. The lowest BCUT2D eigenvalue weighted by Crippen LogP contribution is -2.48. The fourth-order valence-electron chi connectivity index (χ4n) is 1.74. The Morgan fingerprint density at radius 1 is 1.44 bits per heavy atom. The molecule has 2 N–H and O–H groups in total. The number of nitrogens with one attached hydrogen (secondary N) is 1. The van der Waals surface area contributed by atoms with Crippen LogP contribution >= 0.6 is 0 Å². The minimum Gasteiger partial charge on any atom is -0.480 e. The zero-order chi connectivity index (χ0) is 13.7. The van der Waals surface area contributed by atoms with Crippen LogP contribution in [0, 0.1) is 5.82 Å². The van der Waals surface area contributed by atoms with Gasteiger partial charge in [-0.1, -0.05) is 26.0 Å². The molecule has 1 unspecified atom stereocenters. The number of carbonyl (C=O) groups is 1. The molecule has 1 atom stereocenters. The second kappa shape index (κ2) is 6.35. The van der Waals surface area contributed by atoms with Crippen molar-refractivity contribution in [3.63, 3.8) is 0 Å². The van der Waals surface area contributed by atoms with Gasteiger partial charge in [0.25, 0.3) is 0 Å². The van der Waals surface area contributed by atoms with E-state index in [1.807, 2.05) is 13.8 Å². The summed E-state index contributed by atoms with van der Waals surface area (Å²) >= 11 is 0. The topological polar surface area (TPSA) is 52.6 Å². The summed E-state index contributed by atoms with van der Waals surface area (Å²) < 4.78 is 13.5. The number of benzene rings is 1. The summed E-state index contributed by atoms with van der Waals surface area (Å²) in [4.78, 5) is 12.7. The molecule has 0 saturated carbocycles. The Hall–Kier alpha value is -1.62. The highest BCUT2D eigenvalue weighted by Gasteiger charge is 2.21. The van der Waals surface area contributed by atoms with E-state index in [2.05, 4.69) is 5.32 Å². The molecule has 0 radical (unpaired) electrons. The Kier molecular flexibility index (Phi) is 5.09. The molecule has 0 saturated heterocycles. The van der Waals surface area contributed by atoms with Gasteiger partial charge in [0.2, 0.25) is 0 Å². The zero-order valence-corrected chi connectivity index (χ0v) is 10.9. The SMILES string of the molecule is CC(C)NC(CN(C)c1ccccc1F)C(=O)O. The third-order valence-corrected chi connectivity index (χ3v) is 2.55. The minimum atomic E-state index is -0.938. The molecule has 0 bridgehead atoms. The first-order valence-corrected chi connectivity index (χ1v) is 5.86. The van der Waals surface area contributed by atoms with E-state index in [0.717, 1.165) is 0 Å². The zero-order valence-electron chi connectivity index (χ0n) is 10.9. The summed E-state index contributed by atoms with van der Waals surface area (Å²) in [5, 5.41) is 12.0. The molecule has 4 nitrogen and oxygen atoms in total. The first-order valence-electron chi connectivity index (χ1n) is 5.86. The lowest BCUT2D eigenvalue weighted by atomic mass is 10.2. The van der Waals surface area contributed by atoms with Crippen LogP contribution in [0.2, 0.25) is 0 Å². The van der Waals surface area contributed by atoms with Crippen molar-refractivity contribution >= 4 is 11.7 Å². The predicted octanol–water partition coefficient (Wildman–Crippen LogP) is 1.71. The second-order valence-corrected chi connectivity index (χ2v) is 4.54. The van der Waals surface area contributed by atoms with Crippen LogP contribution in [0.1, 0.15) is 13.8 Å². The highest BCUT2D eigenvalue weighted by molar-refractivity contribution is 5.74. The van der Waals surface area contributed by atoms with Gasteiger partial charge in [0.1, 0.15) is 11.9 Å². The van der Waals surface area contributed by atoms with Gasteiger partial charge in [-0.05, 0) is 12.1 Å². The number of nitrogens with zero attached hydrogens (tertiary/aromatic N) is 1. The van der Waals surface area contributed by atoms with Crippen LogP contribution in [0.3, 0.4) is 0 Å². The maximum atomic E-state index is 13.5. The van der Waals surface area contributed by atoms with Crippen molar-refractivity contribution in [1.82, 2.24) is 5.32 Å². The molecule has 0 aliphatic rings. The van der Waals surface area contributed by atoms with Gasteiger partial charge >= 0.3 is 5.97 Å². The average Bonchev–Trinajstić information content (AvgIpc) is 2.27. The average molecular weight is 254 g/mol. The van der Waals surface area contributed by atoms with Crippen LogP contribution in [-0.2, 0) is 4.79 Å². The van der Waals surface area contributed by atoms with Gasteiger partial charge in [0, 0.05) is 19.6 Å². The molecule has 0 aliphatic heterocycles. The molecule has 100 valence electrons. The van der Waals surface area contributed by atoms with Crippen molar-refractivity contribution in [2.24, 2.45) is 0 Å². The van der Waals surface area contributed by atoms with Gasteiger partial charge < -0.3 is 15.3 Å². The number of hydrogen-bond acceptors (Lipinski definition) is 3. The van der Waals surface area contributed by atoms with E-state index in [4.69, 9.17) is 5.11 Å². The van der Waals surface area contributed by atoms with Gasteiger partial charge in [-0.15, -0.1) is 0 Å². The molecule has 1 aromatic rings. The van der Waals surface area contributed by atoms with Crippen LogP contribution < -0.4 is 10.2 Å². The smallest absolute Gasteiger partial charge is 0.322 e. The highest BCUT2D eigenvalue weighted by atomic mass is 19.1. The van der Waals surface area contributed by atoms with E-state index in [-0.39, 0.29) is 18.4 Å². The van der Waals surface area contributed by atoms with Crippen molar-refractivity contribution < 1.29 is 14.3 Å². The van der Waals surface area contributed by atoms with Crippen molar-refractivity contribution in [2.75, 3.05) is 18.5 Å². The molecule has 0 aromatic heterocycles. The van der Waals surface area contributed by atoms with Crippen LogP contribution in [0.15, 0.2) is 24.3 Å². The van der Waals surface area contributed by atoms with Crippen molar-refractivity contribution in [3.05, 3.63) is 30.1 Å². The number of carboxylic acid groups (broad SMARTS) is 1. The maximum Gasteiger partial charge on any atom is 0.322 e. The van der Waals surface area contributed by atoms with Gasteiger partial charge in [0.15, 0.2) is 0 Å². The predicted molar refractivity (Wildman–Crippen MR) is 69.4 cm³/mol. The Morgan fingerprint density at radius 2 is 2.06 bits per heavy atom. The molecule has 1 aromatic carbocycles. The van der Waals surface area contributed by atoms with E-state index in [9.17, 15) is 9.18 Å². The number of halogens is 1. The van der Waals surface area contributed by atoms with E-state index >= 15 is 0 Å². The third kappa shape index (κ3) is 4.00. The minimum absolute atomic E-state index is 0.0557. The first-order chi connectivity index (χ1) is 8.41. The molecule has 0 heterocycles. The van der Waals surface area contributed by atoms with Crippen LogP contribution in [0.5, 0.6) is 0 Å². The van der Waals surface area contributed by atoms with Gasteiger partial charge in [-0.2, -0.15) is 0 Å². The molecule has 18 heavy (non-hydrogen) atoms. The van der Waals surface area contributed by atoms with Crippen molar-refractivity contribution in [3.8, 4) is 0 Å². The first kappa shape index (κ1) is 14.4. The molecule has 0 fully saturated rings. The monoisotopic (exact) mass is 254 g/mol. The van der Waals surface area contributed by atoms with Crippen LogP contribution in [-0.4, -0.2) is 36.8 Å². The molecule has 5 heteroatoms. The van der Waals surface area contributed by atoms with Gasteiger partial charge in [-0.25, -0.2) is 4.39 Å². The molecular formula is C13H19FN2O2. The summed E-state index contributed by atoms with van der Waals surface area (Å²) in [7, 11) is 1.68. The number of anilines is 1. The summed E-state index contributed by atoms with van der Waals surface area (Å²) in [6.07, 6.45) is 0. The van der Waals surface area contributed by atoms with E-state index < -0.39 is 12.0 Å². The Morgan fingerprint density at radius 3 is 2.56 bits per heavy atom. The number of carboxylic acids is 1.